The number of unbranched alkanes of at least 4 members (excludes halogenated alkanes) is 28. The Balaban J connectivity index is 4.20. The molecule has 0 radical (unpaired) electrons. The van der Waals surface area contributed by atoms with Gasteiger partial charge in [-0.1, -0.05) is 201 Å². The van der Waals surface area contributed by atoms with Crippen molar-refractivity contribution in [2.45, 2.75) is 231 Å². The molecule has 0 saturated carbocycles. The maximum absolute atomic E-state index is 13.5. The van der Waals surface area contributed by atoms with E-state index in [1.165, 1.54) is 167 Å². The molecular formula is C43H86NO3P. The van der Waals surface area contributed by atoms with Gasteiger partial charge in [-0.25, -0.2) is 0 Å². The SMILES string of the molecule is CCCCCCCCCCCCCCCCCC(=O)C(C)([P-]OCC[N+](C)(C)C)C(=O)CCCCCCCCCCCCCCCCC. The molecule has 0 atom stereocenters. The lowest BCUT2D eigenvalue weighted by Crippen LogP contribution is -2.41. The van der Waals surface area contributed by atoms with Gasteiger partial charge in [0.05, 0.1) is 34.3 Å². The maximum atomic E-state index is 13.5. The second-order valence-electron chi connectivity index (χ2n) is 16.3. The lowest BCUT2D eigenvalue weighted by atomic mass is 9.92. The van der Waals surface area contributed by atoms with E-state index in [-0.39, 0.29) is 11.6 Å². The zero-order valence-electron chi connectivity index (χ0n) is 33.7. The van der Waals surface area contributed by atoms with Crippen LogP contribution < -0.4 is 0 Å². The quantitative estimate of drug-likeness (QED) is 0.0278. The van der Waals surface area contributed by atoms with Crippen molar-refractivity contribution in [3.63, 3.8) is 0 Å². The molecule has 0 aliphatic rings. The number of Topliss-reactive ketones (excluding diaryl/α,β-unsaturated/α-hetero) is 2. The summed E-state index contributed by atoms with van der Waals surface area (Å²) in [7, 11) is 6.97. The zero-order chi connectivity index (χ0) is 35.6. The molecule has 0 N–H and O–H groups in total. The van der Waals surface area contributed by atoms with Crippen LogP contribution in [0.4, 0.5) is 0 Å². The van der Waals surface area contributed by atoms with Gasteiger partial charge in [-0.2, -0.15) is 0 Å². The molecule has 0 rings (SSSR count). The van der Waals surface area contributed by atoms with E-state index < -0.39 is 5.16 Å². The Hall–Kier alpha value is -0.310. The summed E-state index contributed by atoms with van der Waals surface area (Å²) in [6, 6.07) is 0. The zero-order valence-corrected chi connectivity index (χ0v) is 34.6. The molecule has 4 nitrogen and oxygen atoms in total. The summed E-state index contributed by atoms with van der Waals surface area (Å²) in [4.78, 5) is 27.0. The Morgan fingerprint density at radius 2 is 0.708 bits per heavy atom. The Morgan fingerprint density at radius 1 is 0.458 bits per heavy atom. The van der Waals surface area contributed by atoms with Crippen molar-refractivity contribution in [1.82, 2.24) is 0 Å². The van der Waals surface area contributed by atoms with Crippen molar-refractivity contribution in [3.05, 3.63) is 0 Å². The van der Waals surface area contributed by atoms with Gasteiger partial charge in [0.1, 0.15) is 11.6 Å². The third kappa shape index (κ3) is 30.5. The summed E-state index contributed by atoms with van der Waals surface area (Å²) >= 11 is 0. The lowest BCUT2D eigenvalue weighted by molar-refractivity contribution is -0.870. The number of hydrogen-bond donors (Lipinski definition) is 0. The predicted octanol–water partition coefficient (Wildman–Crippen LogP) is 14.0. The van der Waals surface area contributed by atoms with Crippen LogP contribution in [0.25, 0.3) is 0 Å². The molecule has 0 amide bonds. The van der Waals surface area contributed by atoms with Crippen molar-refractivity contribution < 1.29 is 18.6 Å². The Bertz CT molecular complexity index is 673. The number of carbonyl (C=O) groups excluding carboxylic acids is 2. The highest BCUT2D eigenvalue weighted by Crippen LogP contribution is 2.37. The minimum absolute atomic E-state index is 0.0927. The minimum Gasteiger partial charge on any atom is -0.552 e. The first-order chi connectivity index (χ1) is 23.2. The standard InChI is InChI=1S/C43H86NO3P/c1-7-9-11-13-15-17-19-21-23-25-27-29-31-33-35-37-41(45)43(3,48-47-40-39-44(4,5)6)42(46)38-36-34-32-30-28-26-24-22-20-18-16-14-12-10-8-2/h7-40H2,1-6H3. The van der Waals surface area contributed by atoms with Crippen molar-refractivity contribution in [2.24, 2.45) is 0 Å². The van der Waals surface area contributed by atoms with Gasteiger partial charge in [0.25, 0.3) is 0 Å². The molecule has 0 bridgehead atoms. The molecule has 48 heavy (non-hydrogen) atoms. The fourth-order valence-corrected chi connectivity index (χ4v) is 7.41. The summed E-state index contributed by atoms with van der Waals surface area (Å²) in [5.41, 5.74) is 0. The third-order valence-electron chi connectivity index (χ3n) is 10.2. The van der Waals surface area contributed by atoms with Crippen LogP contribution in [0.15, 0.2) is 0 Å². The molecule has 0 aliphatic heterocycles. The number of nitrogens with zero attached hydrogens (tertiary/aromatic N) is 1. The molecule has 0 aromatic carbocycles. The van der Waals surface area contributed by atoms with Crippen LogP contribution >= 0.6 is 8.81 Å². The average molecular weight is 696 g/mol. The van der Waals surface area contributed by atoms with Crippen LogP contribution in [0.1, 0.15) is 226 Å². The molecule has 0 saturated heterocycles. The van der Waals surface area contributed by atoms with Gasteiger partial charge in [-0.15, -0.1) is 0 Å². The molecule has 286 valence electrons. The van der Waals surface area contributed by atoms with Crippen molar-refractivity contribution in [3.8, 4) is 0 Å². The number of carbonyl (C=O) groups is 2. The Morgan fingerprint density at radius 3 is 0.958 bits per heavy atom. The average Bonchev–Trinajstić information content (AvgIpc) is 3.05. The van der Waals surface area contributed by atoms with Crippen molar-refractivity contribution in [1.29, 1.82) is 0 Å². The normalized spacial score (nSPS) is 12.5. The Labute approximate surface area is 303 Å². The highest BCUT2D eigenvalue weighted by molar-refractivity contribution is 7.37. The van der Waals surface area contributed by atoms with E-state index in [0.29, 0.717) is 28.3 Å². The minimum atomic E-state index is -1.02. The topological polar surface area (TPSA) is 43.4 Å². The van der Waals surface area contributed by atoms with Crippen LogP contribution in [0, 0.1) is 0 Å². The number of quaternary nitrogens is 1. The molecule has 0 aromatic rings. The first-order valence-electron chi connectivity index (χ1n) is 21.4. The highest BCUT2D eigenvalue weighted by atomic mass is 31.1. The summed E-state index contributed by atoms with van der Waals surface area (Å²) in [5.74, 6) is 0.185. The Kier molecular flexibility index (Phi) is 33.6. The fraction of sp³-hybridized carbons (Fsp3) is 0.953. The van der Waals surface area contributed by atoms with Gasteiger partial charge in [-0.3, -0.25) is 0 Å². The first-order valence-corrected chi connectivity index (χ1v) is 22.2. The van der Waals surface area contributed by atoms with Crippen LogP contribution in [-0.4, -0.2) is 55.5 Å². The largest absolute Gasteiger partial charge is 0.552 e. The molecule has 0 aromatic heterocycles. The molecular weight excluding hydrogens is 609 g/mol. The van der Waals surface area contributed by atoms with Crippen LogP contribution in [0.2, 0.25) is 0 Å². The highest BCUT2D eigenvalue weighted by Gasteiger charge is 2.30. The monoisotopic (exact) mass is 696 g/mol. The van der Waals surface area contributed by atoms with Gasteiger partial charge < -0.3 is 27.4 Å². The van der Waals surface area contributed by atoms with Gasteiger partial charge in [0.2, 0.25) is 0 Å². The van der Waals surface area contributed by atoms with Crippen LogP contribution in [-0.2, 0) is 14.1 Å². The molecule has 0 spiro atoms. The van der Waals surface area contributed by atoms with Gasteiger partial charge in [0.15, 0.2) is 0 Å². The van der Waals surface area contributed by atoms with E-state index in [4.69, 9.17) is 4.52 Å². The van der Waals surface area contributed by atoms with E-state index in [1.807, 2.05) is 6.92 Å². The lowest BCUT2D eigenvalue weighted by Gasteiger charge is -2.40. The fourth-order valence-electron chi connectivity index (χ4n) is 6.55. The number of rotatable bonds is 39. The summed E-state index contributed by atoms with van der Waals surface area (Å²) in [6.45, 7) is 7.86. The predicted molar refractivity (Wildman–Crippen MR) is 213 cm³/mol. The molecule has 0 unspecified atom stereocenters. The van der Waals surface area contributed by atoms with Crippen LogP contribution in [0.5, 0.6) is 0 Å². The smallest absolute Gasteiger partial charge is 0.119 e. The summed E-state index contributed by atoms with van der Waals surface area (Å²) in [6.07, 6.45) is 40.4. The molecule has 0 heterocycles. The second-order valence-corrected chi connectivity index (χ2v) is 17.6. The van der Waals surface area contributed by atoms with Crippen molar-refractivity contribution >= 4 is 20.4 Å². The van der Waals surface area contributed by atoms with E-state index in [2.05, 4.69) is 35.0 Å². The van der Waals surface area contributed by atoms with Crippen LogP contribution in [0.3, 0.4) is 0 Å². The van der Waals surface area contributed by atoms with Gasteiger partial charge >= 0.3 is 0 Å². The number of ketones is 2. The number of likely N-dealkylation sites (N-methyl/N-ethyl adjacent to an activating group) is 1. The molecule has 5 heteroatoms. The van der Waals surface area contributed by atoms with E-state index >= 15 is 0 Å². The third-order valence-corrected chi connectivity index (χ3v) is 11.4. The summed E-state index contributed by atoms with van der Waals surface area (Å²) < 4.78 is 6.80. The van der Waals surface area contributed by atoms with Crippen molar-refractivity contribution in [2.75, 3.05) is 34.3 Å². The van der Waals surface area contributed by atoms with E-state index in [1.54, 1.807) is 0 Å². The van der Waals surface area contributed by atoms with E-state index in [0.717, 1.165) is 36.7 Å². The molecule has 0 fully saturated rings. The van der Waals surface area contributed by atoms with Gasteiger partial charge in [-0.05, 0) is 18.0 Å². The second kappa shape index (κ2) is 33.8. The first kappa shape index (κ1) is 47.7. The maximum Gasteiger partial charge on any atom is 0.119 e. The number of hydrogen-bond acceptors (Lipinski definition) is 3. The van der Waals surface area contributed by atoms with Gasteiger partial charge in [0, 0.05) is 12.8 Å². The van der Waals surface area contributed by atoms with E-state index in [9.17, 15) is 9.59 Å². The summed E-state index contributed by atoms with van der Waals surface area (Å²) in [5, 5.41) is -1.02. The molecule has 0 aliphatic carbocycles.